The zero-order valence-electron chi connectivity index (χ0n) is 11.7. The quantitative estimate of drug-likeness (QED) is 0.744. The summed E-state index contributed by atoms with van der Waals surface area (Å²) >= 11 is 5.08. The van der Waals surface area contributed by atoms with Gasteiger partial charge in [0.15, 0.2) is 0 Å². The third kappa shape index (κ3) is 4.24. The van der Waals surface area contributed by atoms with Crippen LogP contribution in [-0.2, 0) is 0 Å². The second-order valence-electron chi connectivity index (χ2n) is 4.95. The normalized spacial score (nSPS) is 13.4. The van der Waals surface area contributed by atoms with Gasteiger partial charge in [0.05, 0.1) is 11.7 Å². The van der Waals surface area contributed by atoms with Gasteiger partial charge in [-0.1, -0.05) is 42.5 Å². The largest absolute Gasteiger partial charge is 0.388 e. The fraction of sp³-hybridized carbons (Fsp3) is 0.250. The van der Waals surface area contributed by atoms with Crippen LogP contribution < -0.4 is 5.32 Å². The summed E-state index contributed by atoms with van der Waals surface area (Å²) in [7, 11) is 0. The van der Waals surface area contributed by atoms with E-state index in [2.05, 4.69) is 10.3 Å². The van der Waals surface area contributed by atoms with Gasteiger partial charge in [0.1, 0.15) is 4.64 Å². The monoisotopic (exact) mass is 302 g/mol. The topological polar surface area (TPSA) is 65.1 Å². The highest BCUT2D eigenvalue weighted by Gasteiger charge is 2.15. The number of benzene rings is 1. The summed E-state index contributed by atoms with van der Waals surface area (Å²) in [5.74, 6) is -0.232. The number of amides is 1. The second kappa shape index (κ2) is 7.15. The molecular formula is C16H18N2O2S. The lowest BCUT2D eigenvalue weighted by Crippen LogP contribution is -2.34. The third-order valence-electron chi connectivity index (χ3n) is 3.20. The standard InChI is InChI=1S/C16H18N2O2S/c1-11(10-14(19)12-6-3-2-4-7-12)18-15(20)13-8-5-9-17-16(13)21/h2-9,11,14,19H,10H2,1H3,(H,17,21)(H,18,20)/t11-,14+/m0/s1. The molecule has 1 aromatic carbocycles. The Labute approximate surface area is 128 Å². The number of aliphatic hydroxyl groups excluding tert-OH is 1. The van der Waals surface area contributed by atoms with E-state index in [0.717, 1.165) is 5.56 Å². The molecule has 2 aromatic rings. The minimum absolute atomic E-state index is 0.165. The van der Waals surface area contributed by atoms with E-state index in [1.807, 2.05) is 37.3 Å². The van der Waals surface area contributed by atoms with E-state index < -0.39 is 6.10 Å². The first-order chi connectivity index (χ1) is 10.1. The molecule has 0 aliphatic carbocycles. The second-order valence-corrected chi connectivity index (χ2v) is 5.36. The molecule has 3 N–H and O–H groups in total. The van der Waals surface area contributed by atoms with Crippen molar-refractivity contribution in [3.05, 3.63) is 64.4 Å². The van der Waals surface area contributed by atoms with Gasteiger partial charge in [0.25, 0.3) is 5.91 Å². The Morgan fingerprint density at radius 3 is 2.67 bits per heavy atom. The summed E-state index contributed by atoms with van der Waals surface area (Å²) < 4.78 is 0.408. The van der Waals surface area contributed by atoms with Crippen molar-refractivity contribution in [2.45, 2.75) is 25.5 Å². The van der Waals surface area contributed by atoms with Crippen molar-refractivity contribution >= 4 is 18.1 Å². The number of nitrogens with one attached hydrogen (secondary N) is 2. The van der Waals surface area contributed by atoms with E-state index in [1.165, 1.54) is 0 Å². The Kier molecular flexibility index (Phi) is 5.25. The maximum atomic E-state index is 12.1. The number of aromatic nitrogens is 1. The molecule has 110 valence electrons. The lowest BCUT2D eigenvalue weighted by atomic mass is 10.0. The minimum atomic E-state index is -0.605. The number of rotatable bonds is 5. The molecule has 1 amide bonds. The Hall–Kier alpha value is -1.98. The zero-order chi connectivity index (χ0) is 15.2. The van der Waals surface area contributed by atoms with Crippen LogP contribution in [-0.4, -0.2) is 22.0 Å². The molecule has 0 aliphatic heterocycles. The van der Waals surface area contributed by atoms with Gasteiger partial charge in [-0.2, -0.15) is 0 Å². The molecule has 5 heteroatoms. The van der Waals surface area contributed by atoms with E-state index in [4.69, 9.17) is 12.2 Å². The first-order valence-corrected chi connectivity index (χ1v) is 7.20. The molecule has 1 aromatic heterocycles. The number of aliphatic hydroxyl groups is 1. The van der Waals surface area contributed by atoms with E-state index in [0.29, 0.717) is 16.6 Å². The van der Waals surface area contributed by atoms with Crippen LogP contribution >= 0.6 is 12.2 Å². The summed E-state index contributed by atoms with van der Waals surface area (Å²) in [5.41, 5.74) is 1.28. The maximum Gasteiger partial charge on any atom is 0.254 e. The molecule has 4 nitrogen and oxygen atoms in total. The summed E-state index contributed by atoms with van der Waals surface area (Å²) in [6.45, 7) is 1.86. The van der Waals surface area contributed by atoms with Gasteiger partial charge in [-0.05, 0) is 31.0 Å². The van der Waals surface area contributed by atoms with Gasteiger partial charge in [-0.15, -0.1) is 0 Å². The first-order valence-electron chi connectivity index (χ1n) is 6.79. The maximum absolute atomic E-state index is 12.1. The number of H-pyrrole nitrogens is 1. The summed E-state index contributed by atoms with van der Waals surface area (Å²) in [6, 6.07) is 12.6. The number of hydrogen-bond acceptors (Lipinski definition) is 3. The molecule has 21 heavy (non-hydrogen) atoms. The predicted octanol–water partition coefficient (Wildman–Crippen LogP) is 2.99. The van der Waals surface area contributed by atoms with E-state index in [-0.39, 0.29) is 11.9 Å². The van der Waals surface area contributed by atoms with Crippen LogP contribution in [0.2, 0.25) is 0 Å². The molecule has 0 bridgehead atoms. The fourth-order valence-electron chi connectivity index (χ4n) is 2.11. The van der Waals surface area contributed by atoms with Crippen molar-refractivity contribution in [3.8, 4) is 0 Å². The fourth-order valence-corrected chi connectivity index (χ4v) is 2.34. The van der Waals surface area contributed by atoms with Crippen LogP contribution in [0.25, 0.3) is 0 Å². The number of aromatic amines is 1. The molecule has 0 saturated carbocycles. The molecule has 2 rings (SSSR count). The average Bonchev–Trinajstić information content (AvgIpc) is 2.48. The minimum Gasteiger partial charge on any atom is -0.388 e. The van der Waals surface area contributed by atoms with Crippen LogP contribution in [0.5, 0.6) is 0 Å². The lowest BCUT2D eigenvalue weighted by molar-refractivity contribution is 0.0916. The van der Waals surface area contributed by atoms with Crippen molar-refractivity contribution < 1.29 is 9.90 Å². The van der Waals surface area contributed by atoms with Gasteiger partial charge in [-0.25, -0.2) is 0 Å². The van der Waals surface area contributed by atoms with Crippen molar-refractivity contribution in [2.24, 2.45) is 0 Å². The smallest absolute Gasteiger partial charge is 0.254 e. The van der Waals surface area contributed by atoms with Crippen LogP contribution in [0.1, 0.15) is 35.4 Å². The SMILES string of the molecule is C[C@@H](C[C@@H](O)c1ccccc1)NC(=O)c1ccc[nH]c1=S. The third-order valence-corrected chi connectivity index (χ3v) is 3.54. The van der Waals surface area contributed by atoms with Gasteiger partial charge in [0.2, 0.25) is 0 Å². The lowest BCUT2D eigenvalue weighted by Gasteiger charge is -2.18. The Balaban J connectivity index is 1.96. The molecule has 0 aliphatic rings. The van der Waals surface area contributed by atoms with Gasteiger partial charge >= 0.3 is 0 Å². The van der Waals surface area contributed by atoms with Gasteiger partial charge in [0, 0.05) is 12.2 Å². The highest BCUT2D eigenvalue weighted by atomic mass is 32.1. The average molecular weight is 302 g/mol. The highest BCUT2D eigenvalue weighted by Crippen LogP contribution is 2.17. The van der Waals surface area contributed by atoms with E-state index >= 15 is 0 Å². The van der Waals surface area contributed by atoms with E-state index in [9.17, 15) is 9.90 Å². The summed E-state index contributed by atoms with van der Waals surface area (Å²) in [6.07, 6.45) is 1.52. The number of carbonyl (C=O) groups excluding carboxylic acids is 1. The highest BCUT2D eigenvalue weighted by molar-refractivity contribution is 7.71. The van der Waals surface area contributed by atoms with Crippen molar-refractivity contribution in [1.29, 1.82) is 0 Å². The molecule has 0 saturated heterocycles. The first kappa shape index (κ1) is 15.4. The molecular weight excluding hydrogens is 284 g/mol. The van der Waals surface area contributed by atoms with Crippen molar-refractivity contribution in [3.63, 3.8) is 0 Å². The molecule has 1 heterocycles. The molecule has 0 radical (unpaired) electrons. The Morgan fingerprint density at radius 1 is 1.29 bits per heavy atom. The summed E-state index contributed by atoms with van der Waals surface area (Å²) in [4.78, 5) is 14.9. The van der Waals surface area contributed by atoms with Crippen LogP contribution in [0.4, 0.5) is 0 Å². The number of pyridine rings is 1. The van der Waals surface area contributed by atoms with Crippen LogP contribution in [0, 0.1) is 4.64 Å². The molecule has 0 unspecified atom stereocenters. The molecule has 2 atom stereocenters. The Morgan fingerprint density at radius 2 is 2.00 bits per heavy atom. The van der Waals surface area contributed by atoms with E-state index in [1.54, 1.807) is 18.3 Å². The van der Waals surface area contributed by atoms with Crippen LogP contribution in [0.3, 0.4) is 0 Å². The molecule has 0 spiro atoms. The number of carbonyl (C=O) groups is 1. The predicted molar refractivity (Wildman–Crippen MR) is 84.6 cm³/mol. The summed E-state index contributed by atoms with van der Waals surface area (Å²) in [5, 5.41) is 13.0. The molecule has 0 fully saturated rings. The zero-order valence-corrected chi connectivity index (χ0v) is 12.6. The van der Waals surface area contributed by atoms with Gasteiger partial charge in [-0.3, -0.25) is 4.79 Å². The van der Waals surface area contributed by atoms with Crippen molar-refractivity contribution in [2.75, 3.05) is 0 Å². The Bertz CT molecular complexity index is 655. The number of hydrogen-bond donors (Lipinski definition) is 3. The van der Waals surface area contributed by atoms with Gasteiger partial charge < -0.3 is 15.4 Å². The van der Waals surface area contributed by atoms with Crippen molar-refractivity contribution in [1.82, 2.24) is 10.3 Å². The van der Waals surface area contributed by atoms with Crippen LogP contribution in [0.15, 0.2) is 48.7 Å².